The fourth-order valence-corrected chi connectivity index (χ4v) is 2.64. The van der Waals surface area contributed by atoms with Crippen LogP contribution in [0.15, 0.2) is 24.4 Å². The Morgan fingerprint density at radius 2 is 1.80 bits per heavy atom. The SMILES string of the molecule is COC(=O)c1cc(-c2c(Cl)cc(Cl)cc2Cl)ncc1F. The molecular weight excluding hydrogens is 328 g/mol. The second-order valence-corrected chi connectivity index (χ2v) is 5.04. The Labute approximate surface area is 129 Å². The van der Waals surface area contributed by atoms with Crippen LogP contribution in [-0.4, -0.2) is 18.1 Å². The second-order valence-electron chi connectivity index (χ2n) is 3.79. The van der Waals surface area contributed by atoms with E-state index < -0.39 is 11.8 Å². The van der Waals surface area contributed by atoms with Crippen molar-refractivity contribution in [2.24, 2.45) is 0 Å². The molecular formula is C13H7Cl3FNO2. The number of halogens is 4. The van der Waals surface area contributed by atoms with E-state index in [0.29, 0.717) is 10.6 Å². The summed E-state index contributed by atoms with van der Waals surface area (Å²) in [5, 5.41) is 0.855. The van der Waals surface area contributed by atoms with Crippen LogP contribution in [0, 0.1) is 5.82 Å². The molecule has 0 saturated carbocycles. The van der Waals surface area contributed by atoms with Gasteiger partial charge in [-0.05, 0) is 18.2 Å². The molecule has 0 bridgehead atoms. The Bertz CT molecular complexity index is 668. The van der Waals surface area contributed by atoms with Gasteiger partial charge in [0.05, 0.1) is 34.6 Å². The average molecular weight is 335 g/mol. The molecule has 0 N–H and O–H groups in total. The Balaban J connectivity index is 2.63. The second kappa shape index (κ2) is 5.95. The van der Waals surface area contributed by atoms with Gasteiger partial charge in [0.1, 0.15) is 0 Å². The van der Waals surface area contributed by atoms with Crippen LogP contribution in [0.4, 0.5) is 4.39 Å². The van der Waals surface area contributed by atoms with Gasteiger partial charge in [-0.3, -0.25) is 4.98 Å². The molecule has 0 amide bonds. The van der Waals surface area contributed by atoms with Crippen molar-refractivity contribution in [3.63, 3.8) is 0 Å². The smallest absolute Gasteiger partial charge is 0.340 e. The van der Waals surface area contributed by atoms with Gasteiger partial charge in [-0.1, -0.05) is 34.8 Å². The summed E-state index contributed by atoms with van der Waals surface area (Å²) >= 11 is 17.9. The number of hydrogen-bond acceptors (Lipinski definition) is 3. The van der Waals surface area contributed by atoms with Crippen LogP contribution >= 0.6 is 34.8 Å². The molecule has 0 saturated heterocycles. The van der Waals surface area contributed by atoms with E-state index in [9.17, 15) is 9.18 Å². The molecule has 0 spiro atoms. The lowest BCUT2D eigenvalue weighted by Gasteiger charge is -2.09. The highest BCUT2D eigenvalue weighted by Gasteiger charge is 2.17. The number of aromatic nitrogens is 1. The zero-order valence-corrected chi connectivity index (χ0v) is 12.4. The lowest BCUT2D eigenvalue weighted by atomic mass is 10.1. The van der Waals surface area contributed by atoms with Crippen molar-refractivity contribution in [2.75, 3.05) is 7.11 Å². The summed E-state index contributed by atoms with van der Waals surface area (Å²) in [4.78, 5) is 15.3. The molecule has 1 heterocycles. The first-order valence-electron chi connectivity index (χ1n) is 5.32. The molecule has 104 valence electrons. The molecule has 0 aliphatic heterocycles. The number of rotatable bonds is 2. The van der Waals surface area contributed by atoms with Crippen LogP contribution in [0.3, 0.4) is 0 Å². The molecule has 0 radical (unpaired) electrons. The number of pyridine rings is 1. The molecule has 0 fully saturated rings. The van der Waals surface area contributed by atoms with Gasteiger partial charge in [-0.25, -0.2) is 9.18 Å². The minimum atomic E-state index is -0.813. The highest BCUT2D eigenvalue weighted by molar-refractivity contribution is 6.41. The highest BCUT2D eigenvalue weighted by Crippen LogP contribution is 2.36. The molecule has 20 heavy (non-hydrogen) atoms. The van der Waals surface area contributed by atoms with Crippen LogP contribution in [-0.2, 0) is 4.74 Å². The van der Waals surface area contributed by atoms with Crippen molar-refractivity contribution in [1.82, 2.24) is 4.98 Å². The molecule has 0 aliphatic carbocycles. The van der Waals surface area contributed by atoms with Crippen LogP contribution in [0.2, 0.25) is 15.1 Å². The predicted octanol–water partition coefficient (Wildman–Crippen LogP) is 4.63. The lowest BCUT2D eigenvalue weighted by molar-refractivity contribution is 0.0595. The quantitative estimate of drug-likeness (QED) is 0.751. The molecule has 1 aromatic carbocycles. The van der Waals surface area contributed by atoms with Gasteiger partial charge >= 0.3 is 5.97 Å². The van der Waals surface area contributed by atoms with E-state index >= 15 is 0 Å². The number of carbonyl (C=O) groups is 1. The van der Waals surface area contributed by atoms with E-state index in [0.717, 1.165) is 13.3 Å². The van der Waals surface area contributed by atoms with Crippen molar-refractivity contribution in [1.29, 1.82) is 0 Å². The highest BCUT2D eigenvalue weighted by atomic mass is 35.5. The molecule has 0 atom stereocenters. The normalized spacial score (nSPS) is 10.4. The first-order valence-corrected chi connectivity index (χ1v) is 6.46. The Morgan fingerprint density at radius 1 is 1.20 bits per heavy atom. The van der Waals surface area contributed by atoms with Crippen molar-refractivity contribution >= 4 is 40.8 Å². The van der Waals surface area contributed by atoms with Crippen LogP contribution in [0.5, 0.6) is 0 Å². The minimum absolute atomic E-state index is 0.248. The number of ether oxygens (including phenoxy) is 1. The number of benzene rings is 1. The largest absolute Gasteiger partial charge is 0.465 e. The van der Waals surface area contributed by atoms with E-state index in [-0.39, 0.29) is 21.3 Å². The summed E-state index contributed by atoms with van der Waals surface area (Å²) in [5.74, 6) is -1.60. The van der Waals surface area contributed by atoms with Gasteiger partial charge in [-0.2, -0.15) is 0 Å². The third-order valence-corrected chi connectivity index (χ3v) is 3.34. The Kier molecular flexibility index (Phi) is 4.48. The van der Waals surface area contributed by atoms with Crippen LogP contribution in [0.1, 0.15) is 10.4 Å². The van der Waals surface area contributed by atoms with Crippen molar-refractivity contribution in [3.05, 3.63) is 50.8 Å². The summed E-state index contributed by atoms with van der Waals surface area (Å²) in [6.07, 6.45) is 0.906. The molecule has 3 nitrogen and oxygen atoms in total. The maximum Gasteiger partial charge on any atom is 0.340 e. The number of nitrogens with zero attached hydrogens (tertiary/aromatic N) is 1. The fraction of sp³-hybridized carbons (Fsp3) is 0.0769. The molecule has 2 aromatic rings. The van der Waals surface area contributed by atoms with Gasteiger partial charge in [0.25, 0.3) is 0 Å². The van der Waals surface area contributed by atoms with E-state index in [1.807, 2.05) is 0 Å². The first kappa shape index (κ1) is 15.0. The van der Waals surface area contributed by atoms with Gasteiger partial charge < -0.3 is 4.74 Å². The van der Waals surface area contributed by atoms with Gasteiger partial charge in [-0.15, -0.1) is 0 Å². The Morgan fingerprint density at radius 3 is 2.35 bits per heavy atom. The summed E-state index contributed by atoms with van der Waals surface area (Å²) < 4.78 is 18.0. The number of hydrogen-bond donors (Lipinski definition) is 0. The van der Waals surface area contributed by atoms with E-state index in [1.165, 1.54) is 18.2 Å². The van der Waals surface area contributed by atoms with Gasteiger partial charge in [0, 0.05) is 10.6 Å². The zero-order valence-electron chi connectivity index (χ0n) is 10.1. The van der Waals surface area contributed by atoms with Crippen LogP contribution in [0.25, 0.3) is 11.3 Å². The summed E-state index contributed by atoms with van der Waals surface area (Å²) in [6.45, 7) is 0. The molecule has 1 aromatic heterocycles. The summed E-state index contributed by atoms with van der Waals surface area (Å²) in [7, 11) is 1.16. The third kappa shape index (κ3) is 2.87. The maximum atomic E-state index is 13.5. The standard InChI is InChI=1S/C13H7Cl3FNO2/c1-20-13(19)7-4-11(18-5-10(7)17)12-8(15)2-6(14)3-9(12)16/h2-5H,1H3. The average Bonchev–Trinajstić information content (AvgIpc) is 2.38. The molecule has 2 rings (SSSR count). The minimum Gasteiger partial charge on any atom is -0.465 e. The molecule has 0 aliphatic rings. The van der Waals surface area contributed by atoms with Crippen molar-refractivity contribution in [2.45, 2.75) is 0 Å². The third-order valence-electron chi connectivity index (χ3n) is 2.52. The summed E-state index contributed by atoms with van der Waals surface area (Å²) in [6, 6.07) is 4.18. The maximum absolute atomic E-state index is 13.5. The topological polar surface area (TPSA) is 39.2 Å². The van der Waals surface area contributed by atoms with Crippen molar-refractivity contribution < 1.29 is 13.9 Å². The number of methoxy groups -OCH3 is 1. The fourth-order valence-electron chi connectivity index (χ4n) is 1.63. The van der Waals surface area contributed by atoms with Crippen molar-refractivity contribution in [3.8, 4) is 11.3 Å². The monoisotopic (exact) mass is 333 g/mol. The van der Waals surface area contributed by atoms with E-state index in [1.54, 1.807) is 0 Å². The number of carbonyl (C=O) groups excluding carboxylic acids is 1. The lowest BCUT2D eigenvalue weighted by Crippen LogP contribution is -2.05. The Hall–Kier alpha value is -1.36. The van der Waals surface area contributed by atoms with E-state index in [2.05, 4.69) is 9.72 Å². The molecule has 7 heteroatoms. The summed E-state index contributed by atoms with van der Waals surface area (Å²) in [5.41, 5.74) is 0.362. The molecule has 0 unspecified atom stereocenters. The predicted molar refractivity (Wildman–Crippen MR) is 76.0 cm³/mol. The van der Waals surface area contributed by atoms with E-state index in [4.69, 9.17) is 34.8 Å². The zero-order chi connectivity index (χ0) is 14.9. The van der Waals surface area contributed by atoms with Gasteiger partial charge in [0.2, 0.25) is 0 Å². The van der Waals surface area contributed by atoms with Crippen LogP contribution < -0.4 is 0 Å². The van der Waals surface area contributed by atoms with Gasteiger partial charge in [0.15, 0.2) is 5.82 Å². The first-order chi connectivity index (χ1) is 9.43. The number of esters is 1.